The molecule has 14 N–H and O–H groups in total. The van der Waals surface area contributed by atoms with Crippen molar-refractivity contribution in [3.8, 4) is 5.75 Å². The predicted octanol–water partition coefficient (Wildman–Crippen LogP) is -3.16. The summed E-state index contributed by atoms with van der Waals surface area (Å²) in [4.78, 5) is 112. The number of halogens is 1. The molecule has 82 heavy (non-hydrogen) atoms. The Bertz CT molecular complexity index is 3260. The number of aliphatic hydroxyl groups excluding tert-OH is 1. The van der Waals surface area contributed by atoms with E-state index in [1.54, 1.807) is 68.6 Å². The molecule has 0 radical (unpaired) electrons. The molecule has 3 fully saturated rings. The molecule has 3 aromatic carbocycles. The Morgan fingerprint density at radius 2 is 1.10 bits per heavy atom. The molecule has 0 spiro atoms. The summed E-state index contributed by atoms with van der Waals surface area (Å²) >= 11 is 11.2. The van der Waals surface area contributed by atoms with Crippen LogP contribution in [0.5, 0.6) is 5.75 Å². The van der Waals surface area contributed by atoms with Crippen LogP contribution in [0.4, 0.5) is 0 Å². The van der Waals surface area contributed by atoms with E-state index in [0.29, 0.717) is 50.3 Å². The molecule has 27 nitrogen and oxygen atoms in total. The number of phenolic OH excluding ortho intramolecular Hbond substituents is 1. The molecule has 9 atom stereocenters. The van der Waals surface area contributed by atoms with Crippen molar-refractivity contribution < 1.29 is 105 Å². The maximum absolute atomic E-state index is 12.7. The van der Waals surface area contributed by atoms with Crippen molar-refractivity contribution in [3.63, 3.8) is 0 Å². The number of carboxylic acids is 3. The summed E-state index contributed by atoms with van der Waals surface area (Å²) in [5.41, 5.74) is 14.2. The number of β-lactam (4-membered cyclic amide) rings is 3. The van der Waals surface area contributed by atoms with Gasteiger partial charge in [0.15, 0.2) is 6.10 Å². The SMILES string of the molecule is CC1=C(C(=O)O)N2C(=O)[C@@H](NC(=O)[C@H](N)c3ccc(O)cc3)[C@H]2SC1.Cn1nnnc1SCC1=C(C(=O)O)N2C(=O)[C@@H](NC(=O)[C@H](O)c3ccccc3)[C@H]2SC1.N[C@@H](C(=O)N[C@@H]1C(=O)N2C(C(=O)O)=C(Cl)CS[C@H]12)c1ccccc1.O.[H-].[Na+]. The van der Waals surface area contributed by atoms with Crippen molar-refractivity contribution in [2.24, 2.45) is 18.5 Å². The van der Waals surface area contributed by atoms with Gasteiger partial charge in [0.05, 0.1) is 5.03 Å². The molecule has 430 valence electrons. The van der Waals surface area contributed by atoms with Crippen LogP contribution in [0.15, 0.2) is 123 Å². The maximum Gasteiger partial charge on any atom is 1.00 e. The summed E-state index contributed by atoms with van der Waals surface area (Å²) < 4.78 is 1.48. The second kappa shape index (κ2) is 27.7. The third-order valence-electron chi connectivity index (χ3n) is 12.9. The molecule has 1 aromatic heterocycles. The van der Waals surface area contributed by atoms with Gasteiger partial charge in [0.2, 0.25) is 17.0 Å². The zero-order valence-corrected chi connectivity index (χ0v) is 49.3. The zero-order valence-electron chi connectivity index (χ0n) is 44.3. The van der Waals surface area contributed by atoms with Gasteiger partial charge in [-0.15, -0.1) is 40.4 Å². The van der Waals surface area contributed by atoms with Crippen LogP contribution < -0.4 is 57.0 Å². The number of aromatic nitrogens is 4. The van der Waals surface area contributed by atoms with Crippen LogP contribution in [-0.2, 0) is 50.2 Å². The number of aryl methyl sites for hydroxylation is 1. The minimum atomic E-state index is -1.42. The molecule has 6 aliphatic heterocycles. The third-order valence-corrected chi connectivity index (χ3v) is 18.5. The topological polar surface area (TPSA) is 428 Å². The molecule has 0 aliphatic carbocycles. The fourth-order valence-electron chi connectivity index (χ4n) is 8.80. The second-order valence-corrected chi connectivity index (χ2v) is 22.8. The number of thioether (sulfide) groups is 4. The average Bonchev–Trinajstić information content (AvgIpc) is 3.88. The first-order valence-electron chi connectivity index (χ1n) is 23.8. The number of amides is 6. The van der Waals surface area contributed by atoms with E-state index in [2.05, 4.69) is 31.5 Å². The van der Waals surface area contributed by atoms with Crippen molar-refractivity contribution in [3.05, 3.63) is 135 Å². The molecule has 33 heteroatoms. The van der Waals surface area contributed by atoms with Gasteiger partial charge < -0.3 is 59.9 Å². The molecule has 3 saturated heterocycles. The van der Waals surface area contributed by atoms with Gasteiger partial charge in [-0.2, -0.15) is 0 Å². The Balaban J connectivity index is 0.000000226. The van der Waals surface area contributed by atoms with Crippen LogP contribution in [0.3, 0.4) is 0 Å². The smallest absolute Gasteiger partial charge is 1.00 e. The number of tetrazole rings is 1. The molecule has 0 saturated carbocycles. The van der Waals surface area contributed by atoms with Crippen LogP contribution in [0.2, 0.25) is 0 Å². The largest absolute Gasteiger partial charge is 1.00 e. The number of carboxylic acid groups (broad SMARTS) is 3. The molecule has 7 heterocycles. The standard InChI is InChI=1S/C18H18N6O5S2.C16H17N3O5S.C15H14ClN3O4S.Na.H2O.H/c1-23-18(20-21-22-23)31-8-10-7-30-16-11(15(27)24(16)12(10)17(28)29)19-14(26)13(25)9-5-3-2-4-6-9;1-7-6-25-15-11(14(22)19(15)12(7)16(23)24)18-13(21)10(17)8-2-4-9(20)5-3-8;16-8-6-24-14-10(13(21)19(14)11(8)15(22)23)18-12(20)9(17)7-4-2-1-3-5-7;;;/h2-6,11,13,16,25H,7-8H2,1H3,(H,19,26)(H,28,29);2-5,10-11,15,20H,6,17H2,1H3,(H,18,21)(H,23,24);1-5,9-10,14H,6,17H2,(H,18,20)(H,22,23);;1H2;/q;;;+1;;-1/t11-,13-,16-;10-,11-,15-;9-,10-,14-;;;/m111.../s1. The van der Waals surface area contributed by atoms with Gasteiger partial charge in [-0.25, -0.2) is 19.1 Å². The Labute approximate surface area is 511 Å². The minimum absolute atomic E-state index is 0. The molecule has 0 bridgehead atoms. The normalized spacial score (nSPS) is 22.3. The van der Waals surface area contributed by atoms with Crippen LogP contribution >= 0.6 is 58.6 Å². The molecular weight excluding hydrogens is 1180 g/mol. The predicted molar refractivity (Wildman–Crippen MR) is 295 cm³/mol. The third kappa shape index (κ3) is 13.5. The first-order valence-corrected chi connectivity index (χ1v) is 28.3. The summed E-state index contributed by atoms with van der Waals surface area (Å²) in [5.74, 6) is -5.34. The molecular formula is C49H52ClN12NaO15S4. The quantitative estimate of drug-likeness (QED) is 0.0319. The van der Waals surface area contributed by atoms with E-state index in [4.69, 9.17) is 23.1 Å². The van der Waals surface area contributed by atoms with Crippen LogP contribution in [0.1, 0.15) is 43.2 Å². The number of fused-ring (bicyclic) bond motifs is 3. The summed E-state index contributed by atoms with van der Waals surface area (Å²) in [6.07, 6.45) is -1.42. The fourth-order valence-corrected chi connectivity index (χ4v) is 14.0. The van der Waals surface area contributed by atoms with Gasteiger partial charge >= 0.3 is 47.5 Å². The number of hydrogen-bond acceptors (Lipinski definition) is 20. The molecule has 6 amide bonds. The van der Waals surface area contributed by atoms with E-state index in [-0.39, 0.29) is 70.1 Å². The first kappa shape index (κ1) is 64.7. The Hall–Kier alpha value is -6.49. The Morgan fingerprint density at radius 3 is 1.57 bits per heavy atom. The number of rotatable bonds is 15. The number of aliphatic hydroxyl groups is 1. The van der Waals surface area contributed by atoms with Crippen molar-refractivity contribution in [1.82, 2.24) is 50.9 Å². The number of nitrogens with two attached hydrogens (primary N) is 2. The number of hydrogen-bond donors (Lipinski definition) is 10. The Kier molecular flexibility index (Phi) is 21.9. The summed E-state index contributed by atoms with van der Waals surface area (Å²) in [6, 6.07) is 18.6. The van der Waals surface area contributed by atoms with Crippen molar-refractivity contribution in [2.45, 2.75) is 64.5 Å². The van der Waals surface area contributed by atoms with E-state index < -0.39 is 106 Å². The number of carbonyl (C=O) groups excluding carboxylic acids is 6. The molecule has 0 unspecified atom stereocenters. The molecule has 4 aromatic rings. The van der Waals surface area contributed by atoms with E-state index in [1.807, 2.05) is 6.07 Å². The fraction of sp³-hybridized carbons (Fsp3) is 0.306. The van der Waals surface area contributed by atoms with Crippen molar-refractivity contribution in [1.29, 1.82) is 0 Å². The van der Waals surface area contributed by atoms with Gasteiger partial charge in [0, 0.05) is 30.1 Å². The number of nitrogens with zero attached hydrogens (tertiary/aromatic N) is 7. The van der Waals surface area contributed by atoms with Crippen LogP contribution in [0, 0.1) is 0 Å². The van der Waals surface area contributed by atoms with Gasteiger partial charge in [-0.1, -0.05) is 96.2 Å². The number of carbonyl (C=O) groups is 9. The number of aliphatic carboxylic acids is 3. The number of nitrogens with one attached hydrogen (secondary N) is 3. The molecule has 10 rings (SSSR count). The maximum atomic E-state index is 12.7. The van der Waals surface area contributed by atoms with E-state index >= 15 is 0 Å². The summed E-state index contributed by atoms with van der Waals surface area (Å²) in [6.45, 7) is 1.67. The van der Waals surface area contributed by atoms with E-state index in [9.17, 15) is 68.7 Å². The Morgan fingerprint density at radius 1 is 0.671 bits per heavy atom. The van der Waals surface area contributed by atoms with Gasteiger partial charge in [-0.3, -0.25) is 43.5 Å². The summed E-state index contributed by atoms with van der Waals surface area (Å²) in [5, 5.41) is 65.8. The van der Waals surface area contributed by atoms with Crippen LogP contribution in [-0.4, -0.2) is 177 Å². The summed E-state index contributed by atoms with van der Waals surface area (Å²) in [7, 11) is 1.68. The first-order chi connectivity index (χ1) is 38.1. The number of aromatic hydroxyl groups is 1. The van der Waals surface area contributed by atoms with Gasteiger partial charge in [-0.05, 0) is 57.3 Å². The molecule has 6 aliphatic rings. The van der Waals surface area contributed by atoms with Gasteiger partial charge in [0.1, 0.15) is 69.2 Å². The minimum Gasteiger partial charge on any atom is -1.00 e. The number of phenols is 1. The zero-order chi connectivity index (χ0) is 57.9. The van der Waals surface area contributed by atoms with Crippen LogP contribution in [0.25, 0.3) is 0 Å². The van der Waals surface area contributed by atoms with E-state index in [0.717, 1.165) is 4.90 Å². The van der Waals surface area contributed by atoms with Gasteiger partial charge in [0.25, 0.3) is 23.6 Å². The number of benzene rings is 3. The van der Waals surface area contributed by atoms with E-state index in [1.165, 1.54) is 85.8 Å². The second-order valence-electron chi connectivity index (χ2n) is 18.1. The van der Waals surface area contributed by atoms with Crippen molar-refractivity contribution in [2.75, 3.05) is 23.0 Å². The monoisotopic (exact) mass is 1230 g/mol. The van der Waals surface area contributed by atoms with Crippen molar-refractivity contribution >= 4 is 112 Å². The average molecular weight is 1240 g/mol.